The van der Waals surface area contributed by atoms with Crippen molar-refractivity contribution >= 4 is 10.0 Å². The highest BCUT2D eigenvalue weighted by Gasteiger charge is 2.11. The SMILES string of the molecule is CCNS(=O)(=O)CCNC(CCCN)COC. The predicted octanol–water partition coefficient (Wildman–Crippen LogP) is -0.731. The van der Waals surface area contributed by atoms with Crippen molar-refractivity contribution < 1.29 is 13.2 Å². The van der Waals surface area contributed by atoms with Crippen LogP contribution in [0, 0.1) is 0 Å². The number of nitrogens with one attached hydrogen (secondary N) is 2. The molecule has 0 aromatic rings. The quantitative estimate of drug-likeness (QED) is 0.459. The Balaban J connectivity index is 3.87. The molecule has 0 amide bonds. The van der Waals surface area contributed by atoms with Crippen LogP contribution in [-0.4, -0.2) is 53.6 Å². The van der Waals surface area contributed by atoms with Gasteiger partial charge in [0.1, 0.15) is 0 Å². The third-order valence-corrected chi connectivity index (χ3v) is 3.76. The van der Waals surface area contributed by atoms with Crippen LogP contribution in [0.25, 0.3) is 0 Å². The molecule has 0 fully saturated rings. The van der Waals surface area contributed by atoms with E-state index in [1.54, 1.807) is 14.0 Å². The highest BCUT2D eigenvalue weighted by atomic mass is 32.2. The van der Waals surface area contributed by atoms with Crippen LogP contribution in [0.4, 0.5) is 0 Å². The summed E-state index contributed by atoms with van der Waals surface area (Å²) in [6.45, 7) is 3.82. The normalized spacial score (nSPS) is 13.8. The van der Waals surface area contributed by atoms with E-state index in [2.05, 4.69) is 10.0 Å². The molecule has 0 rings (SSSR count). The Labute approximate surface area is 104 Å². The number of hydrogen-bond donors (Lipinski definition) is 3. The summed E-state index contributed by atoms with van der Waals surface area (Å²) in [5.74, 6) is 0.0870. The smallest absolute Gasteiger partial charge is 0.212 e. The van der Waals surface area contributed by atoms with Gasteiger partial charge in [0.05, 0.1) is 12.4 Å². The molecule has 104 valence electrons. The first-order valence-electron chi connectivity index (χ1n) is 5.95. The highest BCUT2D eigenvalue weighted by molar-refractivity contribution is 7.89. The molecule has 0 aromatic heterocycles. The third-order valence-electron chi connectivity index (χ3n) is 2.29. The highest BCUT2D eigenvalue weighted by Crippen LogP contribution is 1.96. The molecule has 1 unspecified atom stereocenters. The fourth-order valence-corrected chi connectivity index (χ4v) is 2.47. The number of nitrogens with two attached hydrogens (primary N) is 1. The van der Waals surface area contributed by atoms with Gasteiger partial charge in [-0.1, -0.05) is 6.92 Å². The maximum Gasteiger partial charge on any atom is 0.212 e. The van der Waals surface area contributed by atoms with Crippen LogP contribution >= 0.6 is 0 Å². The summed E-state index contributed by atoms with van der Waals surface area (Å²) in [7, 11) is -1.51. The maximum absolute atomic E-state index is 11.4. The minimum atomic E-state index is -3.14. The number of sulfonamides is 1. The topological polar surface area (TPSA) is 93.5 Å². The second-order valence-electron chi connectivity index (χ2n) is 3.85. The lowest BCUT2D eigenvalue weighted by atomic mass is 10.1. The summed E-state index contributed by atoms with van der Waals surface area (Å²) in [5.41, 5.74) is 5.44. The molecule has 0 aromatic carbocycles. The molecular weight excluding hydrogens is 242 g/mol. The van der Waals surface area contributed by atoms with Crippen molar-refractivity contribution in [3.63, 3.8) is 0 Å². The molecule has 0 bridgehead atoms. The molecule has 4 N–H and O–H groups in total. The van der Waals surface area contributed by atoms with Gasteiger partial charge < -0.3 is 15.8 Å². The fraction of sp³-hybridized carbons (Fsp3) is 1.00. The zero-order valence-corrected chi connectivity index (χ0v) is 11.6. The summed E-state index contributed by atoms with van der Waals surface area (Å²) in [4.78, 5) is 0. The lowest BCUT2D eigenvalue weighted by Crippen LogP contribution is -2.39. The van der Waals surface area contributed by atoms with Gasteiger partial charge in [-0.3, -0.25) is 0 Å². The number of ether oxygens (including phenoxy) is 1. The van der Waals surface area contributed by atoms with Crippen molar-refractivity contribution in [1.29, 1.82) is 0 Å². The summed E-state index contributed by atoms with van der Waals surface area (Å²) < 4.78 is 30.3. The molecular formula is C10H25N3O3S. The molecule has 0 aliphatic carbocycles. The molecule has 0 spiro atoms. The van der Waals surface area contributed by atoms with Crippen LogP contribution < -0.4 is 15.8 Å². The number of rotatable bonds is 11. The van der Waals surface area contributed by atoms with E-state index >= 15 is 0 Å². The van der Waals surface area contributed by atoms with Gasteiger partial charge in [0, 0.05) is 26.2 Å². The van der Waals surface area contributed by atoms with E-state index in [9.17, 15) is 8.42 Å². The second kappa shape index (κ2) is 9.78. The van der Waals surface area contributed by atoms with E-state index in [-0.39, 0.29) is 11.8 Å². The molecule has 0 saturated heterocycles. The van der Waals surface area contributed by atoms with E-state index in [0.29, 0.717) is 26.2 Å². The largest absolute Gasteiger partial charge is 0.383 e. The Morgan fingerprint density at radius 2 is 2.12 bits per heavy atom. The Kier molecular flexibility index (Phi) is 9.66. The molecule has 7 heteroatoms. The minimum Gasteiger partial charge on any atom is -0.383 e. The molecule has 0 radical (unpaired) electrons. The van der Waals surface area contributed by atoms with E-state index in [1.165, 1.54) is 0 Å². The maximum atomic E-state index is 11.4. The van der Waals surface area contributed by atoms with Crippen LogP contribution in [-0.2, 0) is 14.8 Å². The van der Waals surface area contributed by atoms with E-state index in [4.69, 9.17) is 10.5 Å². The van der Waals surface area contributed by atoms with Crippen molar-refractivity contribution in [2.24, 2.45) is 5.73 Å². The minimum absolute atomic E-state index is 0.0870. The third kappa shape index (κ3) is 9.49. The van der Waals surface area contributed by atoms with E-state index in [0.717, 1.165) is 12.8 Å². The van der Waals surface area contributed by atoms with Crippen LogP contribution in [0.15, 0.2) is 0 Å². The van der Waals surface area contributed by atoms with Gasteiger partial charge in [-0.2, -0.15) is 0 Å². The van der Waals surface area contributed by atoms with Crippen LogP contribution in [0.3, 0.4) is 0 Å². The Morgan fingerprint density at radius 3 is 2.65 bits per heavy atom. The lowest BCUT2D eigenvalue weighted by Gasteiger charge is -2.17. The summed E-state index contributed by atoms with van der Waals surface area (Å²) in [5, 5.41) is 3.17. The number of hydrogen-bond acceptors (Lipinski definition) is 5. The summed E-state index contributed by atoms with van der Waals surface area (Å²) in [6, 6.07) is 0.167. The zero-order chi connectivity index (χ0) is 13.1. The van der Waals surface area contributed by atoms with Crippen LogP contribution in [0.5, 0.6) is 0 Å². The van der Waals surface area contributed by atoms with Crippen LogP contribution in [0.2, 0.25) is 0 Å². The number of methoxy groups -OCH3 is 1. The summed E-state index contributed by atoms with van der Waals surface area (Å²) in [6.07, 6.45) is 1.80. The van der Waals surface area contributed by atoms with Crippen molar-refractivity contribution in [1.82, 2.24) is 10.0 Å². The van der Waals surface area contributed by atoms with Gasteiger partial charge in [0.2, 0.25) is 10.0 Å². The van der Waals surface area contributed by atoms with Crippen molar-refractivity contribution in [3.05, 3.63) is 0 Å². The van der Waals surface area contributed by atoms with Gasteiger partial charge in [-0.15, -0.1) is 0 Å². The van der Waals surface area contributed by atoms with Crippen molar-refractivity contribution in [2.45, 2.75) is 25.8 Å². The molecule has 17 heavy (non-hydrogen) atoms. The Bertz CT molecular complexity index is 270. The van der Waals surface area contributed by atoms with Gasteiger partial charge in [-0.05, 0) is 19.4 Å². The molecule has 0 heterocycles. The average Bonchev–Trinajstić information content (AvgIpc) is 2.25. The molecule has 6 nitrogen and oxygen atoms in total. The van der Waals surface area contributed by atoms with Gasteiger partial charge in [0.25, 0.3) is 0 Å². The summed E-state index contributed by atoms with van der Waals surface area (Å²) >= 11 is 0. The molecule has 0 aliphatic rings. The van der Waals surface area contributed by atoms with Crippen molar-refractivity contribution in [3.8, 4) is 0 Å². The first kappa shape index (κ1) is 16.8. The van der Waals surface area contributed by atoms with Gasteiger partial charge >= 0.3 is 0 Å². The molecule has 0 aliphatic heterocycles. The second-order valence-corrected chi connectivity index (χ2v) is 5.78. The predicted molar refractivity (Wildman–Crippen MR) is 69.4 cm³/mol. The fourth-order valence-electron chi connectivity index (χ4n) is 1.50. The van der Waals surface area contributed by atoms with E-state index < -0.39 is 10.0 Å². The lowest BCUT2D eigenvalue weighted by molar-refractivity contribution is 0.162. The first-order valence-corrected chi connectivity index (χ1v) is 7.60. The van der Waals surface area contributed by atoms with Gasteiger partial charge in [0.15, 0.2) is 0 Å². The standard InChI is InChI=1S/C10H25N3O3S/c1-3-13-17(14,15)8-7-12-10(9-16-2)5-4-6-11/h10,12-13H,3-9,11H2,1-2H3. The van der Waals surface area contributed by atoms with Gasteiger partial charge in [-0.25, -0.2) is 13.1 Å². The Hall–Kier alpha value is -0.210. The Morgan fingerprint density at radius 1 is 1.41 bits per heavy atom. The first-order chi connectivity index (χ1) is 8.05. The zero-order valence-electron chi connectivity index (χ0n) is 10.7. The van der Waals surface area contributed by atoms with Crippen molar-refractivity contribution in [2.75, 3.05) is 39.1 Å². The molecule has 1 atom stereocenters. The van der Waals surface area contributed by atoms with Crippen LogP contribution in [0.1, 0.15) is 19.8 Å². The molecule has 0 saturated carbocycles. The average molecular weight is 267 g/mol. The monoisotopic (exact) mass is 267 g/mol. The van der Waals surface area contributed by atoms with E-state index in [1.807, 2.05) is 0 Å².